The molecule has 0 aliphatic carbocycles. The maximum Gasteiger partial charge on any atom is 0.124 e. The number of phenolic OH excluding ortho intramolecular Hbond substituents is 1. The van der Waals surface area contributed by atoms with Gasteiger partial charge >= 0.3 is 0 Å². The van der Waals surface area contributed by atoms with Crippen molar-refractivity contribution in [2.45, 2.75) is 6.42 Å². The minimum Gasteiger partial charge on any atom is -0.508 e. The van der Waals surface area contributed by atoms with Crippen molar-refractivity contribution >= 4 is 0 Å². The topological polar surface area (TPSA) is 53.2 Å². The van der Waals surface area contributed by atoms with E-state index in [2.05, 4.69) is 6.58 Å². The van der Waals surface area contributed by atoms with Crippen LogP contribution >= 0.6 is 0 Å². The third-order valence-corrected chi connectivity index (χ3v) is 1.61. The first kappa shape index (κ1) is 10.1. The third kappa shape index (κ3) is 2.83. The van der Waals surface area contributed by atoms with Gasteiger partial charge in [-0.25, -0.2) is 0 Å². The number of nitriles is 1. The van der Waals surface area contributed by atoms with Gasteiger partial charge in [0.25, 0.3) is 0 Å². The SMILES string of the molecule is C=CCCOc1cc(O)cc(C#N)c1. The van der Waals surface area contributed by atoms with Gasteiger partial charge in [-0.15, -0.1) is 6.58 Å². The van der Waals surface area contributed by atoms with Crippen LogP contribution in [0.15, 0.2) is 30.9 Å². The Morgan fingerprint density at radius 3 is 2.93 bits per heavy atom. The predicted octanol–water partition coefficient (Wildman–Crippen LogP) is 2.22. The van der Waals surface area contributed by atoms with Crippen molar-refractivity contribution in [2.75, 3.05) is 6.61 Å². The van der Waals surface area contributed by atoms with Crippen molar-refractivity contribution in [3.8, 4) is 17.6 Å². The second-order valence-electron chi connectivity index (χ2n) is 2.75. The van der Waals surface area contributed by atoms with Crippen molar-refractivity contribution in [1.82, 2.24) is 0 Å². The van der Waals surface area contributed by atoms with Crippen molar-refractivity contribution in [2.24, 2.45) is 0 Å². The first-order valence-electron chi connectivity index (χ1n) is 4.24. The first-order valence-corrected chi connectivity index (χ1v) is 4.24. The minimum atomic E-state index is 0.0395. The molecule has 1 aromatic rings. The molecule has 1 N–H and O–H groups in total. The number of aromatic hydroxyl groups is 1. The molecule has 3 nitrogen and oxygen atoms in total. The summed E-state index contributed by atoms with van der Waals surface area (Å²) >= 11 is 0. The van der Waals surface area contributed by atoms with Gasteiger partial charge in [0.15, 0.2) is 0 Å². The Bertz CT molecular complexity index is 366. The molecule has 0 saturated carbocycles. The molecule has 0 atom stereocenters. The van der Waals surface area contributed by atoms with Crippen LogP contribution in [-0.2, 0) is 0 Å². The molecule has 0 amide bonds. The molecule has 1 rings (SSSR count). The van der Waals surface area contributed by atoms with Crippen LogP contribution in [0.2, 0.25) is 0 Å². The highest BCUT2D eigenvalue weighted by molar-refractivity contribution is 5.43. The molecule has 0 unspecified atom stereocenters. The summed E-state index contributed by atoms with van der Waals surface area (Å²) < 4.78 is 5.29. The summed E-state index contributed by atoms with van der Waals surface area (Å²) in [5.74, 6) is 0.543. The largest absolute Gasteiger partial charge is 0.508 e. The fraction of sp³-hybridized carbons (Fsp3) is 0.182. The summed E-state index contributed by atoms with van der Waals surface area (Å²) in [6.45, 7) is 4.06. The lowest BCUT2D eigenvalue weighted by molar-refractivity contribution is 0.323. The minimum absolute atomic E-state index is 0.0395. The maximum atomic E-state index is 9.23. The molecule has 0 aliphatic heterocycles. The van der Waals surface area contributed by atoms with Crippen LogP contribution in [-0.4, -0.2) is 11.7 Å². The van der Waals surface area contributed by atoms with E-state index in [1.807, 2.05) is 6.07 Å². The molecular weight excluding hydrogens is 178 g/mol. The van der Waals surface area contributed by atoms with Crippen molar-refractivity contribution in [3.05, 3.63) is 36.4 Å². The highest BCUT2D eigenvalue weighted by Gasteiger charge is 1.99. The molecule has 0 radical (unpaired) electrons. The van der Waals surface area contributed by atoms with Crippen molar-refractivity contribution < 1.29 is 9.84 Å². The second kappa shape index (κ2) is 4.93. The Balaban J connectivity index is 2.72. The zero-order valence-electron chi connectivity index (χ0n) is 7.73. The number of ether oxygens (including phenoxy) is 1. The van der Waals surface area contributed by atoms with Gasteiger partial charge in [0, 0.05) is 6.07 Å². The molecule has 3 heteroatoms. The summed E-state index contributed by atoms with van der Waals surface area (Å²) in [5, 5.41) is 17.9. The lowest BCUT2D eigenvalue weighted by atomic mass is 10.2. The van der Waals surface area contributed by atoms with E-state index in [4.69, 9.17) is 10.00 Å². The number of phenols is 1. The molecule has 1 aromatic carbocycles. The van der Waals surface area contributed by atoms with Gasteiger partial charge in [0.1, 0.15) is 11.5 Å². The van der Waals surface area contributed by atoms with E-state index in [0.717, 1.165) is 6.42 Å². The molecule has 0 saturated heterocycles. The molecule has 0 heterocycles. The Morgan fingerprint density at radius 2 is 2.29 bits per heavy atom. The summed E-state index contributed by atoms with van der Waals surface area (Å²) in [4.78, 5) is 0. The van der Waals surface area contributed by atoms with Gasteiger partial charge in [-0.3, -0.25) is 0 Å². The quantitative estimate of drug-likeness (QED) is 0.583. The average molecular weight is 189 g/mol. The van der Waals surface area contributed by atoms with Gasteiger partial charge in [0.05, 0.1) is 18.2 Å². The van der Waals surface area contributed by atoms with Crippen LogP contribution in [0.5, 0.6) is 11.5 Å². The zero-order valence-corrected chi connectivity index (χ0v) is 7.73. The molecule has 72 valence electrons. The van der Waals surface area contributed by atoms with Crippen molar-refractivity contribution in [1.29, 1.82) is 5.26 Å². The number of hydrogen-bond acceptors (Lipinski definition) is 3. The van der Waals surface area contributed by atoms with Crippen LogP contribution in [0.3, 0.4) is 0 Å². The van der Waals surface area contributed by atoms with Gasteiger partial charge in [-0.1, -0.05) is 6.08 Å². The first-order chi connectivity index (χ1) is 6.76. The van der Waals surface area contributed by atoms with E-state index < -0.39 is 0 Å². The highest BCUT2D eigenvalue weighted by atomic mass is 16.5. The van der Waals surface area contributed by atoms with E-state index in [-0.39, 0.29) is 5.75 Å². The monoisotopic (exact) mass is 189 g/mol. The average Bonchev–Trinajstić information content (AvgIpc) is 2.17. The molecule has 0 aromatic heterocycles. The fourth-order valence-electron chi connectivity index (χ4n) is 0.991. The summed E-state index contributed by atoms with van der Waals surface area (Å²) in [6.07, 6.45) is 2.48. The standard InChI is InChI=1S/C11H11NO2/c1-2-3-4-14-11-6-9(8-12)5-10(13)7-11/h2,5-7,13H,1,3-4H2. The maximum absolute atomic E-state index is 9.23. The number of rotatable bonds is 4. The lowest BCUT2D eigenvalue weighted by Crippen LogP contribution is -1.95. The van der Waals surface area contributed by atoms with Gasteiger partial charge in [-0.2, -0.15) is 5.26 Å². The smallest absolute Gasteiger partial charge is 0.124 e. The van der Waals surface area contributed by atoms with Crippen LogP contribution in [0, 0.1) is 11.3 Å². The third-order valence-electron chi connectivity index (χ3n) is 1.61. The van der Waals surface area contributed by atoms with Crippen LogP contribution in [0.25, 0.3) is 0 Å². The molecule has 0 bridgehead atoms. The molecule has 14 heavy (non-hydrogen) atoms. The van der Waals surface area contributed by atoms with Crippen LogP contribution < -0.4 is 4.74 Å². The Morgan fingerprint density at radius 1 is 1.50 bits per heavy atom. The predicted molar refractivity (Wildman–Crippen MR) is 53.1 cm³/mol. The number of benzene rings is 1. The summed E-state index contributed by atoms with van der Waals surface area (Å²) in [6, 6.07) is 6.39. The number of hydrogen-bond donors (Lipinski definition) is 1. The van der Waals surface area contributed by atoms with E-state index >= 15 is 0 Å². The van der Waals surface area contributed by atoms with Crippen molar-refractivity contribution in [3.63, 3.8) is 0 Å². The number of nitrogens with zero attached hydrogens (tertiary/aromatic N) is 1. The van der Waals surface area contributed by atoms with E-state index in [1.54, 1.807) is 12.1 Å². The van der Waals surface area contributed by atoms with Gasteiger partial charge in [-0.05, 0) is 18.6 Å². The molecule has 0 aliphatic rings. The highest BCUT2D eigenvalue weighted by Crippen LogP contribution is 2.21. The Labute approximate surface area is 82.9 Å². The summed E-state index contributed by atoms with van der Waals surface area (Å²) in [7, 11) is 0. The van der Waals surface area contributed by atoms with E-state index in [0.29, 0.717) is 17.9 Å². The Kier molecular flexibility index (Phi) is 3.57. The normalized spacial score (nSPS) is 9.07. The fourth-order valence-corrected chi connectivity index (χ4v) is 0.991. The Hall–Kier alpha value is -1.95. The second-order valence-corrected chi connectivity index (χ2v) is 2.75. The summed E-state index contributed by atoms with van der Waals surface area (Å²) in [5.41, 5.74) is 0.388. The molecule has 0 spiro atoms. The van der Waals surface area contributed by atoms with E-state index in [9.17, 15) is 5.11 Å². The molecular formula is C11H11NO2. The van der Waals surface area contributed by atoms with Crippen LogP contribution in [0.1, 0.15) is 12.0 Å². The zero-order chi connectivity index (χ0) is 10.4. The van der Waals surface area contributed by atoms with E-state index in [1.165, 1.54) is 12.1 Å². The molecule has 0 fully saturated rings. The van der Waals surface area contributed by atoms with Gasteiger partial charge < -0.3 is 9.84 Å². The lowest BCUT2D eigenvalue weighted by Gasteiger charge is -2.04. The van der Waals surface area contributed by atoms with Crippen LogP contribution in [0.4, 0.5) is 0 Å². The van der Waals surface area contributed by atoms with Gasteiger partial charge in [0.2, 0.25) is 0 Å².